The second kappa shape index (κ2) is 7.38. The van der Waals surface area contributed by atoms with Crippen LogP contribution in [-0.2, 0) is 19.1 Å². The van der Waals surface area contributed by atoms with Crippen LogP contribution in [0.15, 0.2) is 12.2 Å². The van der Waals surface area contributed by atoms with E-state index in [0.29, 0.717) is 32.1 Å². The van der Waals surface area contributed by atoms with Gasteiger partial charge in [-0.2, -0.15) is 0 Å². The zero-order valence-electron chi connectivity index (χ0n) is 14.6. The van der Waals surface area contributed by atoms with E-state index in [9.17, 15) is 9.59 Å². The Morgan fingerprint density at radius 1 is 1.00 bits per heavy atom. The van der Waals surface area contributed by atoms with Gasteiger partial charge in [0.15, 0.2) is 0 Å². The molecular formula is C17H29NO4. The van der Waals surface area contributed by atoms with Crippen molar-refractivity contribution in [1.29, 1.82) is 0 Å². The molecule has 1 rings (SSSR count). The van der Waals surface area contributed by atoms with E-state index in [1.54, 1.807) is 0 Å². The number of imide groups is 1. The van der Waals surface area contributed by atoms with Crippen molar-refractivity contribution in [3.8, 4) is 0 Å². The first-order valence-electron chi connectivity index (χ1n) is 7.84. The Morgan fingerprint density at radius 2 is 1.55 bits per heavy atom. The molecule has 0 N–H and O–H groups in total. The van der Waals surface area contributed by atoms with Gasteiger partial charge in [-0.1, -0.05) is 13.8 Å². The molecule has 5 heteroatoms. The van der Waals surface area contributed by atoms with Crippen LogP contribution in [0.3, 0.4) is 0 Å². The molecule has 0 aromatic rings. The molecule has 0 aliphatic carbocycles. The number of rotatable bonds is 9. The van der Waals surface area contributed by atoms with Crippen LogP contribution in [0, 0.1) is 5.92 Å². The number of hydrogen-bond donors (Lipinski definition) is 0. The molecule has 0 bridgehead atoms. The summed E-state index contributed by atoms with van der Waals surface area (Å²) in [5.41, 5.74) is -0.788. The zero-order valence-corrected chi connectivity index (χ0v) is 14.6. The average Bonchev–Trinajstić information content (AvgIpc) is 2.72. The van der Waals surface area contributed by atoms with Crippen molar-refractivity contribution in [2.45, 2.75) is 59.2 Å². The van der Waals surface area contributed by atoms with Gasteiger partial charge in [0.25, 0.3) is 11.8 Å². The van der Waals surface area contributed by atoms with Crippen molar-refractivity contribution >= 4 is 11.8 Å². The van der Waals surface area contributed by atoms with E-state index in [0.717, 1.165) is 0 Å². The first kappa shape index (κ1) is 18.8. The van der Waals surface area contributed by atoms with Crippen LogP contribution in [-0.4, -0.2) is 47.7 Å². The van der Waals surface area contributed by atoms with Crippen LogP contribution in [0.4, 0.5) is 0 Å². The second-order valence-electron chi connectivity index (χ2n) is 7.42. The summed E-state index contributed by atoms with van der Waals surface area (Å²) in [7, 11) is 0. The van der Waals surface area contributed by atoms with Crippen LogP contribution in [0.2, 0.25) is 0 Å². The summed E-state index contributed by atoms with van der Waals surface area (Å²) in [5, 5.41) is 0. The van der Waals surface area contributed by atoms with Crippen molar-refractivity contribution in [3.63, 3.8) is 0 Å². The Bertz CT molecular complexity index is 420. The molecule has 5 nitrogen and oxygen atoms in total. The second-order valence-corrected chi connectivity index (χ2v) is 7.42. The lowest BCUT2D eigenvalue weighted by Crippen LogP contribution is -2.40. The number of ether oxygens (including phenoxy) is 2. The van der Waals surface area contributed by atoms with Gasteiger partial charge in [0.1, 0.15) is 0 Å². The first-order chi connectivity index (χ1) is 10.0. The third-order valence-corrected chi connectivity index (χ3v) is 3.46. The third kappa shape index (κ3) is 6.28. The highest BCUT2D eigenvalue weighted by atomic mass is 16.6. The molecule has 0 atom stereocenters. The normalized spacial score (nSPS) is 16.2. The lowest BCUT2D eigenvalue weighted by molar-refractivity contribution is -0.141. The molecule has 0 unspecified atom stereocenters. The molecule has 0 fully saturated rings. The van der Waals surface area contributed by atoms with Gasteiger partial charge in [-0.3, -0.25) is 14.5 Å². The third-order valence-electron chi connectivity index (χ3n) is 3.46. The maximum Gasteiger partial charge on any atom is 0.253 e. The predicted octanol–water partition coefficient (Wildman–Crippen LogP) is 2.55. The van der Waals surface area contributed by atoms with E-state index >= 15 is 0 Å². The summed E-state index contributed by atoms with van der Waals surface area (Å²) in [6.45, 7) is 13.7. The average molecular weight is 311 g/mol. The lowest BCUT2D eigenvalue weighted by atomic mass is 10.0. The SMILES string of the molecule is CC(C)COC(C)(C)COC(C)(C)CCN1C(=O)C=CC1=O. The molecule has 0 aromatic heterocycles. The number of carbonyl (C=O) groups is 2. The highest BCUT2D eigenvalue weighted by molar-refractivity contribution is 6.12. The van der Waals surface area contributed by atoms with E-state index in [2.05, 4.69) is 13.8 Å². The Morgan fingerprint density at radius 3 is 2.05 bits per heavy atom. The summed E-state index contributed by atoms with van der Waals surface area (Å²) in [5.74, 6) is -0.0187. The molecule has 0 radical (unpaired) electrons. The van der Waals surface area contributed by atoms with E-state index in [-0.39, 0.29) is 17.4 Å². The molecule has 1 aliphatic heterocycles. The van der Waals surface area contributed by atoms with E-state index < -0.39 is 5.60 Å². The van der Waals surface area contributed by atoms with Gasteiger partial charge in [0.05, 0.1) is 17.8 Å². The van der Waals surface area contributed by atoms with Crippen molar-refractivity contribution in [3.05, 3.63) is 12.2 Å². The fraction of sp³-hybridized carbons (Fsp3) is 0.765. The summed E-state index contributed by atoms with van der Waals surface area (Å²) in [4.78, 5) is 24.3. The Hall–Kier alpha value is -1.20. The molecule has 1 heterocycles. The number of carbonyl (C=O) groups excluding carboxylic acids is 2. The maximum atomic E-state index is 11.5. The molecule has 0 saturated carbocycles. The molecule has 22 heavy (non-hydrogen) atoms. The summed E-state index contributed by atoms with van der Waals surface area (Å²) in [6.07, 6.45) is 3.20. The van der Waals surface area contributed by atoms with Gasteiger partial charge >= 0.3 is 0 Å². The fourth-order valence-electron chi connectivity index (χ4n) is 1.91. The minimum absolute atomic E-state index is 0.249. The fourth-order valence-corrected chi connectivity index (χ4v) is 1.91. The first-order valence-corrected chi connectivity index (χ1v) is 7.84. The molecule has 0 aromatic carbocycles. The van der Waals surface area contributed by atoms with E-state index in [4.69, 9.17) is 9.47 Å². The number of nitrogens with zero attached hydrogens (tertiary/aromatic N) is 1. The van der Waals surface area contributed by atoms with Gasteiger partial charge < -0.3 is 9.47 Å². The predicted molar refractivity (Wildman–Crippen MR) is 85.4 cm³/mol. The van der Waals surface area contributed by atoms with Crippen LogP contribution >= 0.6 is 0 Å². The number of hydrogen-bond acceptors (Lipinski definition) is 4. The Balaban J connectivity index is 2.40. The molecule has 126 valence electrons. The highest BCUT2D eigenvalue weighted by Crippen LogP contribution is 2.21. The van der Waals surface area contributed by atoms with Gasteiger partial charge in [-0.05, 0) is 40.0 Å². The molecule has 1 aliphatic rings. The van der Waals surface area contributed by atoms with E-state index in [1.807, 2.05) is 27.7 Å². The topological polar surface area (TPSA) is 55.8 Å². The zero-order chi connectivity index (χ0) is 17.0. The van der Waals surface area contributed by atoms with Crippen molar-refractivity contribution in [2.75, 3.05) is 19.8 Å². The van der Waals surface area contributed by atoms with Crippen LogP contribution in [0.5, 0.6) is 0 Å². The number of amides is 2. The molecular weight excluding hydrogens is 282 g/mol. The van der Waals surface area contributed by atoms with Gasteiger partial charge in [-0.25, -0.2) is 0 Å². The van der Waals surface area contributed by atoms with Crippen molar-refractivity contribution in [1.82, 2.24) is 4.90 Å². The minimum atomic E-state index is -0.429. The summed E-state index contributed by atoms with van der Waals surface area (Å²) >= 11 is 0. The smallest absolute Gasteiger partial charge is 0.253 e. The van der Waals surface area contributed by atoms with Crippen molar-refractivity contribution < 1.29 is 19.1 Å². The Kier molecular flexibility index (Phi) is 6.32. The molecule has 0 spiro atoms. The maximum absolute atomic E-state index is 11.5. The largest absolute Gasteiger partial charge is 0.373 e. The van der Waals surface area contributed by atoms with Gasteiger partial charge in [0, 0.05) is 25.3 Å². The van der Waals surface area contributed by atoms with Crippen molar-refractivity contribution in [2.24, 2.45) is 5.92 Å². The standard InChI is InChI=1S/C17H29NO4/c1-13(2)11-21-17(5,6)12-22-16(3,4)9-10-18-14(19)7-8-15(18)20/h7-8,13H,9-12H2,1-6H3. The van der Waals surface area contributed by atoms with Gasteiger partial charge in [-0.15, -0.1) is 0 Å². The van der Waals surface area contributed by atoms with Crippen LogP contribution in [0.1, 0.15) is 48.0 Å². The lowest BCUT2D eigenvalue weighted by Gasteiger charge is -2.33. The van der Waals surface area contributed by atoms with Crippen LogP contribution in [0.25, 0.3) is 0 Å². The van der Waals surface area contributed by atoms with Gasteiger partial charge in [0.2, 0.25) is 0 Å². The molecule has 0 saturated heterocycles. The summed E-state index contributed by atoms with van der Waals surface area (Å²) in [6, 6.07) is 0. The van der Waals surface area contributed by atoms with E-state index in [1.165, 1.54) is 17.1 Å². The molecule has 2 amide bonds. The quantitative estimate of drug-likeness (QED) is 0.614. The Labute approximate surface area is 133 Å². The monoisotopic (exact) mass is 311 g/mol. The minimum Gasteiger partial charge on any atom is -0.373 e. The summed E-state index contributed by atoms with van der Waals surface area (Å²) < 4.78 is 11.8. The van der Waals surface area contributed by atoms with Crippen LogP contribution < -0.4 is 0 Å². The highest BCUT2D eigenvalue weighted by Gasteiger charge is 2.29.